The predicted molar refractivity (Wildman–Crippen MR) is 84.5 cm³/mol. The van der Waals surface area contributed by atoms with Crippen molar-refractivity contribution in [3.8, 4) is 0 Å². The minimum absolute atomic E-state index is 0.0201. The Bertz CT molecular complexity index is 831. The van der Waals surface area contributed by atoms with Crippen LogP contribution in [0.1, 0.15) is 30.9 Å². The van der Waals surface area contributed by atoms with Crippen molar-refractivity contribution in [1.82, 2.24) is 0 Å². The molecule has 0 aliphatic rings. The number of anilines is 3. The molecule has 2 aromatic rings. The SMILES string of the molecule is CCCCNc1c(Nc2cc(C(F)(F)F)cc(C(F)(F)F)c2)c(=O)c1=O. The molecule has 0 amide bonds. The van der Waals surface area contributed by atoms with Crippen molar-refractivity contribution in [2.75, 3.05) is 17.2 Å². The Kier molecular flexibility index (Phi) is 5.33. The first-order valence-electron chi connectivity index (χ1n) is 7.58. The monoisotopic (exact) mass is 380 g/mol. The average Bonchev–Trinajstić information content (AvgIpc) is 2.55. The van der Waals surface area contributed by atoms with Gasteiger partial charge in [0.2, 0.25) is 0 Å². The van der Waals surface area contributed by atoms with Crippen molar-refractivity contribution in [1.29, 1.82) is 0 Å². The molecule has 0 bridgehead atoms. The van der Waals surface area contributed by atoms with Gasteiger partial charge in [-0.05, 0) is 24.6 Å². The van der Waals surface area contributed by atoms with Crippen LogP contribution in [0.4, 0.5) is 43.4 Å². The van der Waals surface area contributed by atoms with Crippen LogP contribution < -0.4 is 21.5 Å². The second kappa shape index (κ2) is 7.00. The quantitative estimate of drug-likeness (QED) is 0.446. The molecular weight excluding hydrogens is 366 g/mol. The number of benzene rings is 1. The van der Waals surface area contributed by atoms with Crippen LogP contribution in [-0.2, 0) is 12.4 Å². The van der Waals surface area contributed by atoms with Crippen LogP contribution in [0.15, 0.2) is 27.8 Å². The summed E-state index contributed by atoms with van der Waals surface area (Å²) in [4.78, 5) is 23.2. The minimum Gasteiger partial charge on any atom is -0.380 e. The lowest BCUT2D eigenvalue weighted by atomic mass is 10.1. The Morgan fingerprint density at radius 2 is 1.35 bits per heavy atom. The highest BCUT2D eigenvalue weighted by atomic mass is 19.4. The Morgan fingerprint density at radius 1 is 0.846 bits per heavy atom. The molecule has 0 atom stereocenters. The summed E-state index contributed by atoms with van der Waals surface area (Å²) in [5, 5.41) is 4.87. The zero-order valence-corrected chi connectivity index (χ0v) is 13.4. The van der Waals surface area contributed by atoms with Gasteiger partial charge in [0, 0.05) is 12.2 Å². The van der Waals surface area contributed by atoms with E-state index < -0.39 is 40.0 Å². The molecule has 0 aliphatic heterocycles. The molecule has 26 heavy (non-hydrogen) atoms. The van der Waals surface area contributed by atoms with E-state index in [9.17, 15) is 35.9 Å². The molecule has 0 heterocycles. The molecule has 0 fully saturated rings. The van der Waals surface area contributed by atoms with Crippen LogP contribution in [0.3, 0.4) is 0 Å². The number of halogens is 6. The van der Waals surface area contributed by atoms with E-state index in [1.54, 1.807) is 0 Å². The topological polar surface area (TPSA) is 58.2 Å². The van der Waals surface area contributed by atoms with Crippen LogP contribution in [0.2, 0.25) is 0 Å². The van der Waals surface area contributed by atoms with E-state index in [0.29, 0.717) is 25.1 Å². The molecule has 2 N–H and O–H groups in total. The van der Waals surface area contributed by atoms with Gasteiger partial charge in [-0.15, -0.1) is 0 Å². The van der Waals surface area contributed by atoms with Crippen LogP contribution in [0.25, 0.3) is 0 Å². The maximum absolute atomic E-state index is 12.8. The van der Waals surface area contributed by atoms with Gasteiger partial charge in [-0.2, -0.15) is 26.3 Å². The summed E-state index contributed by atoms with van der Waals surface area (Å²) < 4.78 is 77.1. The minimum atomic E-state index is -5.01. The molecule has 0 saturated carbocycles. The molecule has 0 aromatic heterocycles. The van der Waals surface area contributed by atoms with Crippen molar-refractivity contribution in [3.05, 3.63) is 49.8 Å². The summed E-state index contributed by atoms with van der Waals surface area (Å²) >= 11 is 0. The van der Waals surface area contributed by atoms with E-state index in [1.807, 2.05) is 6.92 Å². The standard InChI is InChI=1S/C16H14F6N2O2/c1-2-3-4-23-11-12(14(26)13(11)25)24-10-6-8(15(17,18)19)5-9(7-10)16(20,21)22/h5-7,23-24H,2-4H2,1H3. The van der Waals surface area contributed by atoms with E-state index in [0.717, 1.165) is 6.42 Å². The first-order chi connectivity index (χ1) is 11.9. The highest BCUT2D eigenvalue weighted by Gasteiger charge is 2.37. The van der Waals surface area contributed by atoms with Crippen molar-refractivity contribution < 1.29 is 26.3 Å². The Balaban J connectivity index is 2.40. The number of unbranched alkanes of at least 4 members (excludes halogenated alkanes) is 1. The van der Waals surface area contributed by atoms with Crippen molar-refractivity contribution in [2.45, 2.75) is 32.1 Å². The van der Waals surface area contributed by atoms with Gasteiger partial charge in [-0.3, -0.25) is 9.59 Å². The number of hydrogen-bond donors (Lipinski definition) is 2. The zero-order chi connectivity index (χ0) is 19.7. The smallest absolute Gasteiger partial charge is 0.380 e. The first-order valence-corrected chi connectivity index (χ1v) is 7.58. The van der Waals surface area contributed by atoms with Gasteiger partial charge in [-0.25, -0.2) is 0 Å². The van der Waals surface area contributed by atoms with E-state index in [4.69, 9.17) is 0 Å². The number of alkyl halides is 6. The summed E-state index contributed by atoms with van der Waals surface area (Å²) in [6.45, 7) is 2.22. The third kappa shape index (κ3) is 4.17. The van der Waals surface area contributed by atoms with Gasteiger partial charge in [0.05, 0.1) is 11.1 Å². The van der Waals surface area contributed by atoms with E-state index >= 15 is 0 Å². The molecule has 0 saturated heterocycles. The molecule has 2 rings (SSSR count). The van der Waals surface area contributed by atoms with Gasteiger partial charge in [0.25, 0.3) is 10.9 Å². The van der Waals surface area contributed by atoms with Crippen molar-refractivity contribution in [3.63, 3.8) is 0 Å². The lowest BCUT2D eigenvalue weighted by molar-refractivity contribution is -0.143. The second-order valence-corrected chi connectivity index (χ2v) is 5.61. The molecular formula is C16H14F6N2O2. The summed E-state index contributed by atoms with van der Waals surface area (Å²) in [6, 6.07) is 0.873. The van der Waals surface area contributed by atoms with Crippen molar-refractivity contribution >= 4 is 17.1 Å². The summed E-state index contributed by atoms with van der Waals surface area (Å²) in [5.74, 6) is 0. The highest BCUT2D eigenvalue weighted by Crippen LogP contribution is 2.38. The maximum Gasteiger partial charge on any atom is 0.416 e. The van der Waals surface area contributed by atoms with E-state index in [1.165, 1.54) is 0 Å². The third-order valence-corrected chi connectivity index (χ3v) is 3.60. The zero-order valence-electron chi connectivity index (χ0n) is 13.4. The molecule has 0 spiro atoms. The second-order valence-electron chi connectivity index (χ2n) is 5.61. The molecule has 10 heteroatoms. The molecule has 2 aromatic carbocycles. The van der Waals surface area contributed by atoms with Crippen LogP contribution in [0.5, 0.6) is 0 Å². The van der Waals surface area contributed by atoms with Gasteiger partial charge < -0.3 is 10.6 Å². The fourth-order valence-electron chi connectivity index (χ4n) is 2.24. The molecule has 0 radical (unpaired) electrons. The number of rotatable bonds is 6. The molecule has 4 nitrogen and oxygen atoms in total. The Hall–Kier alpha value is -2.52. The Labute approximate surface area is 143 Å². The predicted octanol–water partition coefficient (Wildman–Crippen LogP) is 4.28. The summed E-state index contributed by atoms with van der Waals surface area (Å²) in [7, 11) is 0. The maximum atomic E-state index is 12.8. The molecule has 0 aliphatic carbocycles. The van der Waals surface area contributed by atoms with Crippen LogP contribution in [0, 0.1) is 0 Å². The first kappa shape index (κ1) is 19.8. The fraction of sp³-hybridized carbons (Fsp3) is 0.375. The van der Waals surface area contributed by atoms with Gasteiger partial charge in [-0.1, -0.05) is 13.3 Å². The van der Waals surface area contributed by atoms with Crippen LogP contribution >= 0.6 is 0 Å². The highest BCUT2D eigenvalue weighted by molar-refractivity contribution is 5.79. The number of hydrogen-bond acceptors (Lipinski definition) is 4. The lowest BCUT2D eigenvalue weighted by Gasteiger charge is -2.18. The summed E-state index contributed by atoms with van der Waals surface area (Å²) in [5.41, 5.74) is -5.99. The lowest BCUT2D eigenvalue weighted by Crippen LogP contribution is -2.36. The van der Waals surface area contributed by atoms with Gasteiger partial charge >= 0.3 is 12.4 Å². The molecule has 142 valence electrons. The number of nitrogens with one attached hydrogen (secondary N) is 2. The molecule has 0 unspecified atom stereocenters. The fourth-order valence-corrected chi connectivity index (χ4v) is 2.24. The van der Waals surface area contributed by atoms with E-state index in [2.05, 4.69) is 10.6 Å². The van der Waals surface area contributed by atoms with Gasteiger partial charge in [0.1, 0.15) is 11.4 Å². The summed E-state index contributed by atoms with van der Waals surface area (Å²) in [6.07, 6.45) is -8.56. The van der Waals surface area contributed by atoms with E-state index in [-0.39, 0.29) is 17.4 Å². The Morgan fingerprint density at radius 3 is 1.81 bits per heavy atom. The average molecular weight is 380 g/mol. The van der Waals surface area contributed by atoms with Crippen molar-refractivity contribution in [2.24, 2.45) is 0 Å². The normalized spacial score (nSPS) is 12.4. The van der Waals surface area contributed by atoms with Gasteiger partial charge in [0.15, 0.2) is 0 Å². The van der Waals surface area contributed by atoms with Crippen LogP contribution in [-0.4, -0.2) is 6.54 Å². The third-order valence-electron chi connectivity index (χ3n) is 3.60. The largest absolute Gasteiger partial charge is 0.416 e.